The zero-order valence-corrected chi connectivity index (χ0v) is 15.9. The molecule has 1 heterocycles. The summed E-state index contributed by atoms with van der Waals surface area (Å²) in [6.45, 7) is 0. The van der Waals surface area contributed by atoms with Gasteiger partial charge in [-0.25, -0.2) is 0 Å². The predicted molar refractivity (Wildman–Crippen MR) is 118 cm³/mol. The summed E-state index contributed by atoms with van der Waals surface area (Å²) in [5.41, 5.74) is 0. The molecule has 0 atom stereocenters. The first-order chi connectivity index (χ1) is 12.9. The molecule has 124 valence electrons. The van der Waals surface area contributed by atoms with Crippen molar-refractivity contribution < 1.29 is 0 Å². The van der Waals surface area contributed by atoms with E-state index in [9.17, 15) is 0 Å². The Bertz CT molecular complexity index is 1140. The molecule has 5 aromatic rings. The summed E-state index contributed by atoms with van der Waals surface area (Å²) in [4.78, 5) is 0. The lowest BCUT2D eigenvalue weighted by Crippen LogP contribution is -2.19. The fourth-order valence-electron chi connectivity index (χ4n) is 3.54. The third kappa shape index (κ3) is 2.65. The summed E-state index contributed by atoms with van der Waals surface area (Å²) >= 11 is 1.86. The van der Waals surface area contributed by atoms with Crippen LogP contribution in [-0.4, -0.2) is 0 Å². The highest BCUT2D eigenvalue weighted by atomic mass is 32.1. The van der Waals surface area contributed by atoms with Crippen molar-refractivity contribution in [2.45, 2.75) is 0 Å². The summed E-state index contributed by atoms with van der Waals surface area (Å²) in [6.07, 6.45) is 0. The first kappa shape index (κ1) is 15.8. The lowest BCUT2D eigenvalue weighted by atomic mass is 10.1. The van der Waals surface area contributed by atoms with Gasteiger partial charge in [0.2, 0.25) is 0 Å². The molecule has 0 aliphatic carbocycles. The largest absolute Gasteiger partial charge is 0.143 e. The maximum Gasteiger partial charge on any atom is 0.0356 e. The molecule has 4 aromatic carbocycles. The number of benzene rings is 4. The highest BCUT2D eigenvalue weighted by Gasteiger charge is 2.20. The van der Waals surface area contributed by atoms with Gasteiger partial charge in [-0.1, -0.05) is 91.0 Å². The van der Waals surface area contributed by atoms with E-state index in [0.29, 0.717) is 0 Å². The van der Waals surface area contributed by atoms with Crippen molar-refractivity contribution in [3.05, 3.63) is 102 Å². The van der Waals surface area contributed by atoms with Crippen molar-refractivity contribution in [2.75, 3.05) is 0 Å². The van der Waals surface area contributed by atoms with Crippen molar-refractivity contribution in [1.29, 1.82) is 0 Å². The van der Waals surface area contributed by atoms with Crippen LogP contribution in [0.1, 0.15) is 0 Å². The van der Waals surface area contributed by atoms with Crippen LogP contribution < -0.4 is 15.9 Å². The Balaban J connectivity index is 1.84. The van der Waals surface area contributed by atoms with Crippen LogP contribution in [0.4, 0.5) is 0 Å². The predicted octanol–water partition coefficient (Wildman–Crippen LogP) is 5.81. The lowest BCUT2D eigenvalue weighted by Gasteiger charge is -2.19. The molecule has 2 heteroatoms. The first-order valence-corrected chi connectivity index (χ1v) is 10.9. The maximum atomic E-state index is 2.38. The summed E-state index contributed by atoms with van der Waals surface area (Å²) in [6, 6.07) is 35.2. The van der Waals surface area contributed by atoms with E-state index in [0.717, 1.165) is 0 Å². The van der Waals surface area contributed by atoms with Gasteiger partial charge in [-0.2, -0.15) is 0 Å². The molecule has 26 heavy (non-hydrogen) atoms. The summed E-state index contributed by atoms with van der Waals surface area (Å²) in [5.74, 6) is 0. The van der Waals surface area contributed by atoms with Gasteiger partial charge in [-0.05, 0) is 35.4 Å². The smallest absolute Gasteiger partial charge is 0.0356 e. The van der Waals surface area contributed by atoms with E-state index in [4.69, 9.17) is 0 Å². The van der Waals surface area contributed by atoms with E-state index in [1.165, 1.54) is 36.8 Å². The highest BCUT2D eigenvalue weighted by molar-refractivity contribution is 7.80. The molecule has 0 saturated carbocycles. The molecule has 0 N–H and O–H groups in total. The minimum absolute atomic E-state index is 0.572. The van der Waals surface area contributed by atoms with Gasteiger partial charge >= 0.3 is 0 Å². The molecule has 0 aliphatic heterocycles. The van der Waals surface area contributed by atoms with Gasteiger partial charge in [0.05, 0.1) is 0 Å². The van der Waals surface area contributed by atoms with Gasteiger partial charge in [-0.3, -0.25) is 0 Å². The Kier molecular flexibility index (Phi) is 4.05. The van der Waals surface area contributed by atoms with Gasteiger partial charge in [0.15, 0.2) is 0 Å². The standard InChI is InChI=1S/C24H17PS/c1-3-10-19(11-4-1)25(20-12-5-2-6-13-20)22-17-26-23-16-15-18-9-7-8-14-21(18)24(22)23/h1-17H. The Labute approximate surface area is 158 Å². The number of rotatable bonds is 3. The van der Waals surface area contributed by atoms with Crippen LogP contribution in [0.3, 0.4) is 0 Å². The number of fused-ring (bicyclic) bond motifs is 3. The van der Waals surface area contributed by atoms with E-state index < -0.39 is 7.92 Å². The van der Waals surface area contributed by atoms with E-state index in [1.807, 2.05) is 11.3 Å². The van der Waals surface area contributed by atoms with E-state index in [2.05, 4.69) is 102 Å². The molecular formula is C24H17PS. The highest BCUT2D eigenvalue weighted by Crippen LogP contribution is 2.40. The molecule has 0 radical (unpaired) electrons. The molecule has 0 aliphatic rings. The molecule has 0 fully saturated rings. The molecule has 0 nitrogen and oxygen atoms in total. The SMILES string of the molecule is c1ccc(P(c2ccccc2)c2csc3ccc4ccccc4c23)cc1. The van der Waals surface area contributed by atoms with Crippen molar-refractivity contribution in [2.24, 2.45) is 0 Å². The minimum atomic E-state index is -0.572. The molecular weight excluding hydrogens is 351 g/mol. The molecule has 1 aromatic heterocycles. The summed E-state index contributed by atoms with van der Waals surface area (Å²) in [7, 11) is -0.572. The van der Waals surface area contributed by atoms with Gasteiger partial charge in [-0.15, -0.1) is 11.3 Å². The third-order valence-electron chi connectivity index (χ3n) is 4.71. The average Bonchev–Trinajstić information content (AvgIpc) is 3.14. The number of hydrogen-bond donors (Lipinski definition) is 0. The van der Waals surface area contributed by atoms with Gasteiger partial charge in [0, 0.05) is 20.8 Å². The molecule has 5 rings (SSSR count). The minimum Gasteiger partial charge on any atom is -0.143 e. The van der Waals surface area contributed by atoms with Crippen LogP contribution in [-0.2, 0) is 0 Å². The topological polar surface area (TPSA) is 0 Å². The van der Waals surface area contributed by atoms with Crippen LogP contribution in [0.15, 0.2) is 102 Å². The summed E-state index contributed by atoms with van der Waals surface area (Å²) < 4.78 is 1.37. The fourth-order valence-corrected chi connectivity index (χ4v) is 7.29. The van der Waals surface area contributed by atoms with Crippen LogP contribution in [0.25, 0.3) is 20.9 Å². The molecule has 0 unspecified atom stereocenters. The monoisotopic (exact) mass is 368 g/mol. The fraction of sp³-hybridized carbons (Fsp3) is 0. The molecule has 0 saturated heterocycles. The first-order valence-electron chi connectivity index (χ1n) is 8.71. The zero-order valence-electron chi connectivity index (χ0n) is 14.2. The van der Waals surface area contributed by atoms with Crippen LogP contribution in [0.5, 0.6) is 0 Å². The third-order valence-corrected chi connectivity index (χ3v) is 8.30. The van der Waals surface area contributed by atoms with Gasteiger partial charge in [0.1, 0.15) is 0 Å². The second-order valence-electron chi connectivity index (χ2n) is 6.29. The van der Waals surface area contributed by atoms with Crippen molar-refractivity contribution in [3.8, 4) is 0 Å². The normalized spacial score (nSPS) is 11.4. The Morgan fingerprint density at radius 3 is 1.88 bits per heavy atom. The molecule has 0 bridgehead atoms. The van der Waals surface area contributed by atoms with E-state index in [1.54, 1.807) is 0 Å². The Hall–Kier alpha value is -2.47. The lowest BCUT2D eigenvalue weighted by molar-refractivity contribution is 1.75. The van der Waals surface area contributed by atoms with Gasteiger partial charge in [0.25, 0.3) is 0 Å². The van der Waals surface area contributed by atoms with E-state index >= 15 is 0 Å². The second-order valence-corrected chi connectivity index (χ2v) is 9.38. The maximum absolute atomic E-state index is 2.38. The number of hydrogen-bond acceptors (Lipinski definition) is 1. The zero-order chi connectivity index (χ0) is 17.3. The molecule has 0 amide bonds. The Morgan fingerprint density at radius 2 is 1.19 bits per heavy atom. The van der Waals surface area contributed by atoms with Crippen LogP contribution in [0.2, 0.25) is 0 Å². The second kappa shape index (κ2) is 6.68. The van der Waals surface area contributed by atoms with Crippen molar-refractivity contribution in [3.63, 3.8) is 0 Å². The van der Waals surface area contributed by atoms with E-state index in [-0.39, 0.29) is 0 Å². The molecule has 0 spiro atoms. The number of thiophene rings is 1. The van der Waals surface area contributed by atoms with Crippen LogP contribution >= 0.6 is 19.3 Å². The quantitative estimate of drug-likeness (QED) is 0.352. The average molecular weight is 368 g/mol. The Morgan fingerprint density at radius 1 is 0.577 bits per heavy atom. The van der Waals surface area contributed by atoms with Crippen molar-refractivity contribution in [1.82, 2.24) is 0 Å². The van der Waals surface area contributed by atoms with Gasteiger partial charge < -0.3 is 0 Å². The van der Waals surface area contributed by atoms with Crippen molar-refractivity contribution >= 4 is 56.0 Å². The summed E-state index contributed by atoms with van der Waals surface area (Å²) in [5, 5.41) is 10.8. The van der Waals surface area contributed by atoms with Crippen LogP contribution in [0, 0.1) is 0 Å².